The Hall–Kier alpha value is -3.48. The predicted octanol–water partition coefficient (Wildman–Crippen LogP) is 3.73. The van der Waals surface area contributed by atoms with Crippen LogP contribution in [0.25, 0.3) is 6.08 Å². The molecule has 0 radical (unpaired) electrons. The minimum atomic E-state index is -0.603. The SMILES string of the molecule is CC(C)Oc1ccc(/C=C2\C(=O)ON=C2c2cccc([N+](=O)[O-])c2)cc1. The molecule has 0 saturated heterocycles. The summed E-state index contributed by atoms with van der Waals surface area (Å²) in [6.07, 6.45) is 1.70. The predicted molar refractivity (Wildman–Crippen MR) is 95.9 cm³/mol. The molecule has 1 aliphatic heterocycles. The topological polar surface area (TPSA) is 91.0 Å². The van der Waals surface area contributed by atoms with E-state index in [1.165, 1.54) is 18.2 Å². The van der Waals surface area contributed by atoms with Crippen molar-refractivity contribution in [3.63, 3.8) is 0 Å². The van der Waals surface area contributed by atoms with Crippen LogP contribution in [0.1, 0.15) is 25.0 Å². The van der Waals surface area contributed by atoms with Crippen molar-refractivity contribution in [2.45, 2.75) is 20.0 Å². The number of ether oxygens (including phenoxy) is 1. The third-order valence-corrected chi connectivity index (χ3v) is 3.59. The summed E-state index contributed by atoms with van der Waals surface area (Å²) < 4.78 is 5.59. The Kier molecular flexibility index (Phi) is 4.79. The summed E-state index contributed by atoms with van der Waals surface area (Å²) in [4.78, 5) is 27.3. The van der Waals surface area contributed by atoms with E-state index in [4.69, 9.17) is 9.57 Å². The van der Waals surface area contributed by atoms with Gasteiger partial charge in [-0.05, 0) is 37.6 Å². The number of nitrogens with zero attached hydrogens (tertiary/aromatic N) is 2. The summed E-state index contributed by atoms with van der Waals surface area (Å²) in [5, 5.41) is 14.7. The zero-order valence-corrected chi connectivity index (χ0v) is 14.2. The lowest BCUT2D eigenvalue weighted by Gasteiger charge is -2.09. The third kappa shape index (κ3) is 3.77. The van der Waals surface area contributed by atoms with Gasteiger partial charge < -0.3 is 9.57 Å². The van der Waals surface area contributed by atoms with Crippen LogP contribution in [0.15, 0.2) is 59.3 Å². The van der Waals surface area contributed by atoms with Gasteiger partial charge in [-0.3, -0.25) is 10.1 Å². The monoisotopic (exact) mass is 352 g/mol. The largest absolute Gasteiger partial charge is 0.491 e. The van der Waals surface area contributed by atoms with Gasteiger partial charge >= 0.3 is 5.97 Å². The maximum atomic E-state index is 12.0. The van der Waals surface area contributed by atoms with Crippen LogP contribution in [0.2, 0.25) is 0 Å². The lowest BCUT2D eigenvalue weighted by molar-refractivity contribution is -0.384. The van der Waals surface area contributed by atoms with E-state index in [1.807, 2.05) is 13.8 Å². The average molecular weight is 352 g/mol. The van der Waals surface area contributed by atoms with Gasteiger partial charge in [0, 0.05) is 17.7 Å². The number of rotatable bonds is 5. The molecule has 0 aliphatic carbocycles. The van der Waals surface area contributed by atoms with Gasteiger partial charge in [-0.25, -0.2) is 4.79 Å². The van der Waals surface area contributed by atoms with Gasteiger partial charge in [-0.2, -0.15) is 0 Å². The van der Waals surface area contributed by atoms with Gasteiger partial charge in [-0.1, -0.05) is 29.4 Å². The molecular formula is C19H16N2O5. The minimum Gasteiger partial charge on any atom is -0.491 e. The molecule has 0 unspecified atom stereocenters. The Balaban J connectivity index is 1.91. The quantitative estimate of drug-likeness (QED) is 0.354. The first-order chi connectivity index (χ1) is 12.4. The molecule has 0 atom stereocenters. The first-order valence-corrected chi connectivity index (χ1v) is 7.97. The fourth-order valence-electron chi connectivity index (χ4n) is 2.47. The first kappa shape index (κ1) is 17.3. The summed E-state index contributed by atoms with van der Waals surface area (Å²) in [6.45, 7) is 3.87. The maximum Gasteiger partial charge on any atom is 0.368 e. The zero-order valence-electron chi connectivity index (χ0n) is 14.2. The molecule has 0 bridgehead atoms. The van der Waals surface area contributed by atoms with E-state index in [2.05, 4.69) is 5.16 Å². The normalized spacial score (nSPS) is 15.1. The van der Waals surface area contributed by atoms with E-state index in [0.29, 0.717) is 5.56 Å². The van der Waals surface area contributed by atoms with Crippen molar-refractivity contribution in [3.05, 3.63) is 75.3 Å². The van der Waals surface area contributed by atoms with Crippen molar-refractivity contribution in [3.8, 4) is 5.75 Å². The van der Waals surface area contributed by atoms with E-state index in [-0.39, 0.29) is 23.1 Å². The molecule has 0 N–H and O–H groups in total. The number of oxime groups is 1. The molecule has 1 heterocycles. The highest BCUT2D eigenvalue weighted by Crippen LogP contribution is 2.24. The molecule has 3 rings (SSSR count). The number of hydrogen-bond acceptors (Lipinski definition) is 6. The Bertz CT molecular complexity index is 914. The molecule has 7 heteroatoms. The lowest BCUT2D eigenvalue weighted by atomic mass is 10.0. The molecule has 7 nitrogen and oxygen atoms in total. The molecule has 0 fully saturated rings. The molecule has 132 valence electrons. The van der Waals surface area contributed by atoms with Crippen LogP contribution in [0, 0.1) is 10.1 Å². The summed E-state index contributed by atoms with van der Waals surface area (Å²) in [5.74, 6) is 0.123. The number of carbonyl (C=O) groups excluding carboxylic acids is 1. The van der Waals surface area contributed by atoms with E-state index in [9.17, 15) is 14.9 Å². The van der Waals surface area contributed by atoms with Crippen LogP contribution >= 0.6 is 0 Å². The summed E-state index contributed by atoms with van der Waals surface area (Å²) in [6, 6.07) is 13.1. The molecule has 2 aromatic rings. The van der Waals surface area contributed by atoms with Crippen LogP contribution in [0.5, 0.6) is 5.75 Å². The second-order valence-electron chi connectivity index (χ2n) is 5.92. The number of nitro benzene ring substituents is 1. The zero-order chi connectivity index (χ0) is 18.7. The van der Waals surface area contributed by atoms with Crippen molar-refractivity contribution in [1.29, 1.82) is 0 Å². The van der Waals surface area contributed by atoms with Crippen LogP contribution in [0.4, 0.5) is 5.69 Å². The average Bonchev–Trinajstić information content (AvgIpc) is 2.97. The number of carbonyl (C=O) groups is 1. The fourth-order valence-corrected chi connectivity index (χ4v) is 2.47. The molecule has 0 aromatic heterocycles. The molecule has 1 aliphatic rings. The molecular weight excluding hydrogens is 336 g/mol. The number of non-ortho nitro benzene ring substituents is 1. The van der Waals surface area contributed by atoms with E-state index in [1.54, 1.807) is 36.4 Å². The Morgan fingerprint density at radius 2 is 1.92 bits per heavy atom. The van der Waals surface area contributed by atoms with Gasteiger partial charge in [0.1, 0.15) is 11.5 Å². The second-order valence-corrected chi connectivity index (χ2v) is 5.92. The molecule has 26 heavy (non-hydrogen) atoms. The van der Waals surface area contributed by atoms with Crippen molar-refractivity contribution >= 4 is 23.4 Å². The molecule has 2 aromatic carbocycles. The van der Waals surface area contributed by atoms with Crippen LogP contribution in [-0.4, -0.2) is 22.7 Å². The van der Waals surface area contributed by atoms with Crippen LogP contribution in [-0.2, 0) is 9.63 Å². The third-order valence-electron chi connectivity index (χ3n) is 3.59. The van der Waals surface area contributed by atoms with E-state index in [0.717, 1.165) is 11.3 Å². The first-order valence-electron chi connectivity index (χ1n) is 7.97. The summed E-state index contributed by atoms with van der Waals surface area (Å²) in [7, 11) is 0. The highest BCUT2D eigenvalue weighted by atomic mass is 16.7. The van der Waals surface area contributed by atoms with Crippen LogP contribution in [0.3, 0.4) is 0 Å². The molecule has 0 spiro atoms. The highest BCUT2D eigenvalue weighted by molar-refractivity contribution is 6.31. The lowest BCUT2D eigenvalue weighted by Crippen LogP contribution is -2.07. The smallest absolute Gasteiger partial charge is 0.368 e. The summed E-state index contributed by atoms with van der Waals surface area (Å²) >= 11 is 0. The van der Waals surface area contributed by atoms with Crippen molar-refractivity contribution in [2.24, 2.45) is 5.16 Å². The van der Waals surface area contributed by atoms with Crippen molar-refractivity contribution in [1.82, 2.24) is 0 Å². The van der Waals surface area contributed by atoms with Gasteiger partial charge in [0.15, 0.2) is 0 Å². The van der Waals surface area contributed by atoms with E-state index >= 15 is 0 Å². The maximum absolute atomic E-state index is 12.0. The number of benzene rings is 2. The number of hydrogen-bond donors (Lipinski definition) is 0. The van der Waals surface area contributed by atoms with Gasteiger partial charge in [0.25, 0.3) is 5.69 Å². The highest BCUT2D eigenvalue weighted by Gasteiger charge is 2.27. The minimum absolute atomic E-state index is 0.0663. The Labute approximate surface area is 149 Å². The second kappa shape index (κ2) is 7.18. The van der Waals surface area contributed by atoms with E-state index < -0.39 is 10.9 Å². The van der Waals surface area contributed by atoms with Gasteiger partial charge in [0.05, 0.1) is 16.6 Å². The molecule has 0 amide bonds. The van der Waals surface area contributed by atoms with Gasteiger partial charge in [0.2, 0.25) is 0 Å². The Morgan fingerprint density at radius 1 is 1.19 bits per heavy atom. The van der Waals surface area contributed by atoms with Crippen molar-refractivity contribution < 1.29 is 19.3 Å². The number of nitro groups is 1. The standard InChI is InChI=1S/C19H16N2O5/c1-12(2)25-16-8-6-13(7-9-16)10-17-18(20-26-19(17)22)14-4-3-5-15(11-14)21(23)24/h3-12H,1-2H3/b17-10-. The Morgan fingerprint density at radius 3 is 2.58 bits per heavy atom. The van der Waals surface area contributed by atoms with Gasteiger partial charge in [-0.15, -0.1) is 0 Å². The van der Waals surface area contributed by atoms with Crippen LogP contribution < -0.4 is 4.74 Å². The fraction of sp³-hybridized carbons (Fsp3) is 0.158. The molecule has 0 saturated carbocycles. The van der Waals surface area contributed by atoms with Crippen molar-refractivity contribution in [2.75, 3.05) is 0 Å². The summed E-state index contributed by atoms with van der Waals surface area (Å²) in [5.41, 5.74) is 1.62.